The van der Waals surface area contributed by atoms with Gasteiger partial charge >= 0.3 is 6.61 Å². The minimum atomic E-state index is -2.90. The molecule has 13 heavy (non-hydrogen) atoms. The molecule has 0 amide bonds. The van der Waals surface area contributed by atoms with Gasteiger partial charge in [0.25, 0.3) is 0 Å². The lowest BCUT2D eigenvalue weighted by Gasteiger charge is -2.07. The Hall–Kier alpha value is 0.190. The van der Waals surface area contributed by atoms with Gasteiger partial charge in [-0.1, -0.05) is 23.2 Å². The Morgan fingerprint density at radius 3 is 2.46 bits per heavy atom. The molecule has 0 aliphatic carbocycles. The van der Waals surface area contributed by atoms with Gasteiger partial charge in [-0.05, 0) is 28.7 Å². The van der Waals surface area contributed by atoms with Crippen molar-refractivity contribution < 1.29 is 13.5 Å². The Morgan fingerprint density at radius 1 is 1.31 bits per heavy atom. The van der Waals surface area contributed by atoms with E-state index in [0.717, 1.165) is 0 Å². The zero-order valence-electron chi connectivity index (χ0n) is 6.03. The number of halogens is 5. The van der Waals surface area contributed by atoms with E-state index in [1.54, 1.807) is 6.07 Å². The highest BCUT2D eigenvalue weighted by molar-refractivity contribution is 14.1. The molecule has 0 atom stereocenters. The average Bonchev–Trinajstić information content (AvgIpc) is 1.98. The summed E-state index contributed by atoms with van der Waals surface area (Å²) in [6.07, 6.45) is 0. The molecular weight excluding hydrogens is 336 g/mol. The van der Waals surface area contributed by atoms with E-state index in [-0.39, 0.29) is 10.8 Å². The first-order valence-electron chi connectivity index (χ1n) is 3.10. The summed E-state index contributed by atoms with van der Waals surface area (Å²) >= 11 is 13.2. The predicted molar refractivity (Wildman–Crippen MR) is 55.8 cm³/mol. The van der Waals surface area contributed by atoms with Crippen LogP contribution in [0.15, 0.2) is 12.1 Å². The van der Waals surface area contributed by atoms with Crippen molar-refractivity contribution in [1.82, 2.24) is 0 Å². The average molecular weight is 339 g/mol. The zero-order chi connectivity index (χ0) is 10.0. The first-order chi connectivity index (χ1) is 6.00. The van der Waals surface area contributed by atoms with Crippen molar-refractivity contribution in [2.75, 3.05) is 0 Å². The number of ether oxygens (including phenoxy) is 1. The fourth-order valence-corrected chi connectivity index (χ4v) is 1.86. The molecule has 0 heterocycles. The van der Waals surface area contributed by atoms with E-state index in [4.69, 9.17) is 23.2 Å². The fourth-order valence-electron chi connectivity index (χ4n) is 0.714. The van der Waals surface area contributed by atoms with Crippen LogP contribution in [-0.4, -0.2) is 6.61 Å². The van der Waals surface area contributed by atoms with Crippen LogP contribution in [0.5, 0.6) is 5.75 Å². The molecule has 0 saturated carbocycles. The molecule has 6 heteroatoms. The van der Waals surface area contributed by atoms with Crippen LogP contribution in [0.2, 0.25) is 10.0 Å². The van der Waals surface area contributed by atoms with Crippen molar-refractivity contribution in [3.63, 3.8) is 0 Å². The van der Waals surface area contributed by atoms with E-state index in [9.17, 15) is 8.78 Å². The normalized spacial score (nSPS) is 10.6. The molecule has 0 N–H and O–H groups in total. The van der Waals surface area contributed by atoms with Gasteiger partial charge in [0.2, 0.25) is 0 Å². The Bertz CT molecular complexity index is 320. The summed E-state index contributed by atoms with van der Waals surface area (Å²) in [5.41, 5.74) is 0. The molecule has 0 spiro atoms. The molecule has 1 nitrogen and oxygen atoms in total. The number of rotatable bonds is 2. The Kier molecular flexibility index (Phi) is 4.00. The molecular formula is C7H3Cl2F2IO. The maximum Gasteiger partial charge on any atom is 0.387 e. The Labute approximate surface area is 97.1 Å². The van der Waals surface area contributed by atoms with E-state index in [0.29, 0.717) is 8.59 Å². The molecule has 1 aromatic rings. The molecule has 0 radical (unpaired) electrons. The first-order valence-corrected chi connectivity index (χ1v) is 4.93. The lowest BCUT2D eigenvalue weighted by atomic mass is 10.3. The number of benzene rings is 1. The van der Waals surface area contributed by atoms with E-state index in [1.807, 2.05) is 22.6 Å². The van der Waals surface area contributed by atoms with Gasteiger partial charge < -0.3 is 4.74 Å². The molecule has 0 saturated heterocycles. The summed E-state index contributed by atoms with van der Waals surface area (Å²) in [5, 5.41) is 0.453. The van der Waals surface area contributed by atoms with Gasteiger partial charge in [0.15, 0.2) is 0 Å². The minimum Gasteiger partial charge on any atom is -0.433 e. The maximum atomic E-state index is 11.8. The second-order valence-electron chi connectivity index (χ2n) is 2.08. The van der Waals surface area contributed by atoms with Gasteiger partial charge in [-0.25, -0.2) is 0 Å². The van der Waals surface area contributed by atoms with Crippen LogP contribution in [-0.2, 0) is 0 Å². The summed E-state index contributed by atoms with van der Waals surface area (Å²) in [7, 11) is 0. The number of alkyl halides is 2. The summed E-state index contributed by atoms with van der Waals surface area (Å²) in [4.78, 5) is 0. The van der Waals surface area contributed by atoms with E-state index in [2.05, 4.69) is 4.74 Å². The maximum absolute atomic E-state index is 11.8. The van der Waals surface area contributed by atoms with Crippen LogP contribution in [0.4, 0.5) is 8.78 Å². The van der Waals surface area contributed by atoms with Crippen molar-refractivity contribution in [3.05, 3.63) is 25.7 Å². The molecule has 1 aromatic carbocycles. The second-order valence-corrected chi connectivity index (χ2v) is 4.05. The smallest absolute Gasteiger partial charge is 0.387 e. The van der Waals surface area contributed by atoms with Crippen LogP contribution in [0, 0.1) is 3.57 Å². The standard InChI is InChI=1S/C7H3Cl2F2IO/c8-3-1-4(12)6(9)5(2-3)13-7(10)11/h1-2,7H. The van der Waals surface area contributed by atoms with Crippen molar-refractivity contribution >= 4 is 45.8 Å². The van der Waals surface area contributed by atoms with E-state index < -0.39 is 6.61 Å². The van der Waals surface area contributed by atoms with Gasteiger partial charge in [-0.3, -0.25) is 0 Å². The summed E-state index contributed by atoms with van der Waals surface area (Å²) in [5.74, 6) is -0.103. The first kappa shape index (κ1) is 11.3. The largest absolute Gasteiger partial charge is 0.433 e. The number of hydrogen-bond acceptors (Lipinski definition) is 1. The molecule has 0 bridgehead atoms. The number of hydrogen-bond donors (Lipinski definition) is 0. The lowest BCUT2D eigenvalue weighted by molar-refractivity contribution is -0.0498. The van der Waals surface area contributed by atoms with E-state index in [1.165, 1.54) is 6.07 Å². The summed E-state index contributed by atoms with van der Waals surface area (Å²) < 4.78 is 28.4. The third-order valence-electron chi connectivity index (χ3n) is 1.18. The molecule has 0 fully saturated rings. The SMILES string of the molecule is FC(F)Oc1cc(Cl)cc(I)c1Cl. The summed E-state index contributed by atoms with van der Waals surface area (Å²) in [6, 6.07) is 2.81. The molecule has 72 valence electrons. The van der Waals surface area contributed by atoms with Crippen LogP contribution >= 0.6 is 45.8 Å². The summed E-state index contributed by atoms with van der Waals surface area (Å²) in [6.45, 7) is -2.90. The van der Waals surface area contributed by atoms with Crippen LogP contribution < -0.4 is 4.74 Å². The third-order valence-corrected chi connectivity index (χ3v) is 2.95. The molecule has 0 aromatic heterocycles. The zero-order valence-corrected chi connectivity index (χ0v) is 9.70. The van der Waals surface area contributed by atoms with Crippen molar-refractivity contribution in [2.24, 2.45) is 0 Å². The van der Waals surface area contributed by atoms with Crippen molar-refractivity contribution in [3.8, 4) is 5.75 Å². The molecule has 0 unspecified atom stereocenters. The predicted octanol–water partition coefficient (Wildman–Crippen LogP) is 4.20. The minimum absolute atomic E-state index is 0.103. The van der Waals surface area contributed by atoms with Gasteiger partial charge in [0, 0.05) is 14.7 Å². The monoisotopic (exact) mass is 338 g/mol. The van der Waals surface area contributed by atoms with Crippen molar-refractivity contribution in [1.29, 1.82) is 0 Å². The fraction of sp³-hybridized carbons (Fsp3) is 0.143. The van der Waals surface area contributed by atoms with Gasteiger partial charge in [-0.2, -0.15) is 8.78 Å². The second kappa shape index (κ2) is 4.61. The lowest BCUT2D eigenvalue weighted by Crippen LogP contribution is -2.02. The van der Waals surface area contributed by atoms with E-state index >= 15 is 0 Å². The molecule has 0 aliphatic rings. The molecule has 0 aliphatic heterocycles. The highest BCUT2D eigenvalue weighted by atomic mass is 127. The Morgan fingerprint density at radius 2 is 1.92 bits per heavy atom. The van der Waals surface area contributed by atoms with Crippen molar-refractivity contribution in [2.45, 2.75) is 6.61 Å². The topological polar surface area (TPSA) is 9.23 Å². The quantitative estimate of drug-likeness (QED) is 0.580. The van der Waals surface area contributed by atoms with Crippen LogP contribution in [0.3, 0.4) is 0 Å². The van der Waals surface area contributed by atoms with Gasteiger partial charge in [-0.15, -0.1) is 0 Å². The van der Waals surface area contributed by atoms with Crippen LogP contribution in [0.25, 0.3) is 0 Å². The van der Waals surface area contributed by atoms with Crippen LogP contribution in [0.1, 0.15) is 0 Å². The molecule has 1 rings (SSSR count). The highest BCUT2D eigenvalue weighted by Crippen LogP contribution is 2.33. The Balaban J connectivity index is 3.05. The third kappa shape index (κ3) is 3.11. The van der Waals surface area contributed by atoms with Gasteiger partial charge in [0.1, 0.15) is 5.75 Å². The highest BCUT2D eigenvalue weighted by Gasteiger charge is 2.11. The van der Waals surface area contributed by atoms with Gasteiger partial charge in [0.05, 0.1) is 5.02 Å².